The zero-order valence-electron chi connectivity index (χ0n) is 14.0. The van der Waals surface area contributed by atoms with Gasteiger partial charge in [0.15, 0.2) is 17.7 Å². The van der Waals surface area contributed by atoms with Gasteiger partial charge in [-0.1, -0.05) is 37.3 Å². The van der Waals surface area contributed by atoms with E-state index in [2.05, 4.69) is 5.32 Å². The number of thioether (sulfide) groups is 1. The monoisotopic (exact) mass is 365 g/mol. The molecule has 0 aliphatic carbocycles. The number of hydrogen-bond donors (Lipinski definition) is 1. The minimum absolute atomic E-state index is 0.0680. The number of nitrogens with one attached hydrogen (secondary N) is 1. The molecule has 3 nitrogen and oxygen atoms in total. The number of ether oxygens (including phenoxy) is 1. The van der Waals surface area contributed by atoms with Crippen LogP contribution in [0.3, 0.4) is 0 Å². The highest BCUT2D eigenvalue weighted by atomic mass is 32.2. The summed E-state index contributed by atoms with van der Waals surface area (Å²) < 4.78 is 32.5. The standard InChI is InChI=1S/C19H21F2NO2S/c1-2-17(24-18-10-6-5-9-16(18)21)19(23)22-11-12-25-13-14-7-3-4-8-15(14)20/h3-10,17H,2,11-13H2,1H3,(H,22,23)/t17-/m1/s1. The van der Waals surface area contributed by atoms with Crippen molar-refractivity contribution in [3.8, 4) is 5.75 Å². The SMILES string of the molecule is CC[C@@H](Oc1ccccc1F)C(=O)NCCSCc1ccccc1F. The van der Waals surface area contributed by atoms with Crippen molar-refractivity contribution in [2.75, 3.05) is 12.3 Å². The summed E-state index contributed by atoms with van der Waals surface area (Å²) in [5.41, 5.74) is 0.646. The summed E-state index contributed by atoms with van der Waals surface area (Å²) in [4.78, 5) is 12.1. The van der Waals surface area contributed by atoms with Crippen molar-refractivity contribution in [3.63, 3.8) is 0 Å². The van der Waals surface area contributed by atoms with Crippen molar-refractivity contribution < 1.29 is 18.3 Å². The number of para-hydroxylation sites is 1. The first-order chi connectivity index (χ1) is 12.1. The average molecular weight is 365 g/mol. The van der Waals surface area contributed by atoms with E-state index in [-0.39, 0.29) is 17.5 Å². The van der Waals surface area contributed by atoms with Gasteiger partial charge in [0.25, 0.3) is 5.91 Å². The summed E-state index contributed by atoms with van der Waals surface area (Å²) in [5.74, 6) is 0.273. The summed E-state index contributed by atoms with van der Waals surface area (Å²) in [6.45, 7) is 2.24. The molecule has 0 unspecified atom stereocenters. The van der Waals surface area contributed by atoms with E-state index in [1.165, 1.54) is 30.0 Å². The van der Waals surface area contributed by atoms with Crippen LogP contribution in [0.2, 0.25) is 0 Å². The lowest BCUT2D eigenvalue weighted by Crippen LogP contribution is -2.39. The zero-order valence-corrected chi connectivity index (χ0v) is 14.8. The predicted octanol–water partition coefficient (Wildman–Crippen LogP) is 4.17. The Hall–Kier alpha value is -2.08. The normalized spacial score (nSPS) is 11.8. The molecule has 2 aromatic carbocycles. The van der Waals surface area contributed by atoms with Crippen LogP contribution in [0.25, 0.3) is 0 Å². The first-order valence-corrected chi connectivity index (χ1v) is 9.27. The Balaban J connectivity index is 1.73. The smallest absolute Gasteiger partial charge is 0.261 e. The third-order valence-electron chi connectivity index (χ3n) is 3.53. The van der Waals surface area contributed by atoms with Gasteiger partial charge in [-0.05, 0) is 30.2 Å². The highest BCUT2D eigenvalue weighted by Crippen LogP contribution is 2.18. The van der Waals surface area contributed by atoms with Crippen molar-refractivity contribution in [3.05, 3.63) is 65.7 Å². The van der Waals surface area contributed by atoms with Crippen molar-refractivity contribution >= 4 is 17.7 Å². The van der Waals surface area contributed by atoms with Crippen LogP contribution in [0.4, 0.5) is 8.78 Å². The molecule has 0 saturated heterocycles. The molecule has 0 heterocycles. The lowest BCUT2D eigenvalue weighted by molar-refractivity contribution is -0.128. The van der Waals surface area contributed by atoms with Crippen LogP contribution in [-0.2, 0) is 10.5 Å². The van der Waals surface area contributed by atoms with Crippen LogP contribution in [0, 0.1) is 11.6 Å². The molecule has 0 aromatic heterocycles. The van der Waals surface area contributed by atoms with Crippen molar-refractivity contribution in [1.82, 2.24) is 5.32 Å². The molecule has 2 rings (SSSR count). The minimum atomic E-state index is -0.742. The van der Waals surface area contributed by atoms with Crippen LogP contribution in [0.1, 0.15) is 18.9 Å². The van der Waals surface area contributed by atoms with Gasteiger partial charge < -0.3 is 10.1 Å². The molecule has 0 aliphatic heterocycles. The second-order valence-electron chi connectivity index (χ2n) is 5.38. The molecular weight excluding hydrogens is 344 g/mol. The number of amides is 1. The third kappa shape index (κ3) is 6.05. The average Bonchev–Trinajstić information content (AvgIpc) is 2.62. The molecule has 1 amide bonds. The molecule has 0 radical (unpaired) electrons. The Morgan fingerprint density at radius 1 is 1.12 bits per heavy atom. The Morgan fingerprint density at radius 2 is 1.80 bits per heavy atom. The number of carbonyl (C=O) groups excluding carboxylic acids is 1. The second kappa shape index (κ2) is 10.0. The molecular formula is C19H21F2NO2S. The third-order valence-corrected chi connectivity index (χ3v) is 4.54. The van der Waals surface area contributed by atoms with Gasteiger partial charge in [0.1, 0.15) is 5.82 Å². The van der Waals surface area contributed by atoms with Gasteiger partial charge in [0.05, 0.1) is 0 Å². The molecule has 25 heavy (non-hydrogen) atoms. The summed E-state index contributed by atoms with van der Waals surface area (Å²) in [7, 11) is 0. The van der Waals surface area contributed by atoms with E-state index in [4.69, 9.17) is 4.74 Å². The molecule has 2 aromatic rings. The number of benzene rings is 2. The van der Waals surface area contributed by atoms with Crippen LogP contribution in [0.15, 0.2) is 48.5 Å². The molecule has 1 N–H and O–H groups in total. The van der Waals surface area contributed by atoms with Gasteiger partial charge in [0.2, 0.25) is 0 Å². The van der Waals surface area contributed by atoms with Gasteiger partial charge in [-0.2, -0.15) is 11.8 Å². The van der Waals surface area contributed by atoms with E-state index >= 15 is 0 Å². The first kappa shape index (κ1) is 19.2. The van der Waals surface area contributed by atoms with E-state index in [9.17, 15) is 13.6 Å². The fraction of sp³-hybridized carbons (Fsp3) is 0.316. The fourth-order valence-electron chi connectivity index (χ4n) is 2.17. The van der Waals surface area contributed by atoms with E-state index in [1.807, 2.05) is 0 Å². The molecule has 0 spiro atoms. The van der Waals surface area contributed by atoms with Gasteiger partial charge >= 0.3 is 0 Å². The number of halogens is 2. The Bertz CT molecular complexity index is 697. The second-order valence-corrected chi connectivity index (χ2v) is 6.49. The Morgan fingerprint density at radius 3 is 2.48 bits per heavy atom. The maximum absolute atomic E-state index is 13.6. The highest BCUT2D eigenvalue weighted by molar-refractivity contribution is 7.98. The molecule has 0 bridgehead atoms. The summed E-state index contributed by atoms with van der Waals surface area (Å²) in [5, 5.41) is 2.77. The quantitative estimate of drug-likeness (QED) is 0.678. The molecule has 0 fully saturated rings. The van der Waals surface area contributed by atoms with Gasteiger partial charge in [-0.3, -0.25) is 4.79 Å². The van der Waals surface area contributed by atoms with E-state index in [1.54, 1.807) is 37.3 Å². The molecule has 0 saturated carbocycles. The first-order valence-electron chi connectivity index (χ1n) is 8.12. The maximum atomic E-state index is 13.6. The van der Waals surface area contributed by atoms with Crippen LogP contribution < -0.4 is 10.1 Å². The topological polar surface area (TPSA) is 38.3 Å². The molecule has 1 atom stereocenters. The molecule has 134 valence electrons. The lowest BCUT2D eigenvalue weighted by atomic mass is 10.2. The highest BCUT2D eigenvalue weighted by Gasteiger charge is 2.19. The number of rotatable bonds is 9. The lowest BCUT2D eigenvalue weighted by Gasteiger charge is -2.17. The van der Waals surface area contributed by atoms with Gasteiger partial charge in [-0.25, -0.2) is 8.78 Å². The van der Waals surface area contributed by atoms with Crippen LogP contribution in [0.5, 0.6) is 5.75 Å². The minimum Gasteiger partial charge on any atom is -0.478 e. The summed E-state index contributed by atoms with van der Waals surface area (Å²) in [6.07, 6.45) is -0.309. The number of carbonyl (C=O) groups is 1. The summed E-state index contributed by atoms with van der Waals surface area (Å²) in [6, 6.07) is 12.6. The maximum Gasteiger partial charge on any atom is 0.261 e. The van der Waals surface area contributed by atoms with E-state index < -0.39 is 11.9 Å². The Kier molecular flexibility index (Phi) is 7.73. The van der Waals surface area contributed by atoms with Crippen LogP contribution in [-0.4, -0.2) is 24.3 Å². The van der Waals surface area contributed by atoms with E-state index in [0.717, 1.165) is 0 Å². The molecule has 6 heteroatoms. The van der Waals surface area contributed by atoms with Crippen molar-refractivity contribution in [2.24, 2.45) is 0 Å². The predicted molar refractivity (Wildman–Crippen MR) is 96.7 cm³/mol. The Labute approximate surface area is 150 Å². The fourth-order valence-corrected chi connectivity index (χ4v) is 3.02. The summed E-state index contributed by atoms with van der Waals surface area (Å²) >= 11 is 1.53. The zero-order chi connectivity index (χ0) is 18.1. The van der Waals surface area contributed by atoms with Crippen molar-refractivity contribution in [2.45, 2.75) is 25.2 Å². The number of hydrogen-bond acceptors (Lipinski definition) is 3. The van der Waals surface area contributed by atoms with Crippen molar-refractivity contribution in [1.29, 1.82) is 0 Å². The van der Waals surface area contributed by atoms with Gasteiger partial charge in [-0.15, -0.1) is 0 Å². The van der Waals surface area contributed by atoms with Gasteiger partial charge in [0, 0.05) is 18.1 Å². The van der Waals surface area contributed by atoms with E-state index in [0.29, 0.717) is 30.0 Å². The largest absolute Gasteiger partial charge is 0.478 e. The van der Waals surface area contributed by atoms with Crippen LogP contribution >= 0.6 is 11.8 Å². The molecule has 0 aliphatic rings.